The van der Waals surface area contributed by atoms with Crippen molar-refractivity contribution < 1.29 is 0 Å². The monoisotopic (exact) mass is 246 g/mol. The summed E-state index contributed by atoms with van der Waals surface area (Å²) in [6.07, 6.45) is 4.64. The Hall–Kier alpha value is -0.820. The fourth-order valence-corrected chi connectivity index (χ4v) is 3.15. The Kier molecular flexibility index (Phi) is 1.72. The molecule has 14 heavy (non-hydrogen) atoms. The third-order valence-corrected chi connectivity index (χ3v) is 4.40. The van der Waals surface area contributed by atoms with Crippen LogP contribution < -0.4 is 0 Å². The predicted octanol–water partition coefficient (Wildman–Crippen LogP) is 4.11. The van der Waals surface area contributed by atoms with E-state index in [0.29, 0.717) is 11.8 Å². The zero-order valence-electron chi connectivity index (χ0n) is 8.00. The average molecular weight is 247 g/mol. The summed E-state index contributed by atoms with van der Waals surface area (Å²) in [6, 6.07) is 8.75. The van der Waals surface area contributed by atoms with Gasteiger partial charge in [-0.25, -0.2) is 0 Å². The summed E-state index contributed by atoms with van der Waals surface area (Å²) in [4.78, 5) is 0. The first-order valence-corrected chi connectivity index (χ1v) is 5.71. The lowest BCUT2D eigenvalue weighted by atomic mass is 9.73. The van der Waals surface area contributed by atoms with E-state index in [0.717, 1.165) is 0 Å². The molecular weight excluding hydrogens is 236 g/mol. The van der Waals surface area contributed by atoms with Crippen molar-refractivity contribution in [3.63, 3.8) is 0 Å². The van der Waals surface area contributed by atoms with Gasteiger partial charge < -0.3 is 0 Å². The van der Waals surface area contributed by atoms with Crippen LogP contribution in [0.2, 0.25) is 0 Å². The fraction of sp³-hybridized carbons (Fsp3) is 0.231. The van der Waals surface area contributed by atoms with E-state index in [1.165, 1.54) is 21.2 Å². The summed E-state index contributed by atoms with van der Waals surface area (Å²) in [7, 11) is 0. The van der Waals surface area contributed by atoms with Crippen LogP contribution in [0.4, 0.5) is 0 Å². The molecule has 0 saturated heterocycles. The molecule has 3 aliphatic carbocycles. The van der Waals surface area contributed by atoms with Crippen molar-refractivity contribution in [2.75, 3.05) is 0 Å². The van der Waals surface area contributed by atoms with Gasteiger partial charge in [-0.3, -0.25) is 0 Å². The number of halogens is 1. The normalized spacial score (nSPS) is 28.1. The van der Waals surface area contributed by atoms with Crippen LogP contribution in [0.1, 0.15) is 29.9 Å². The summed E-state index contributed by atoms with van der Waals surface area (Å²) >= 11 is 3.71. The molecule has 0 heterocycles. The third-order valence-electron chi connectivity index (χ3n) is 3.28. The van der Waals surface area contributed by atoms with Crippen LogP contribution in [0, 0.1) is 0 Å². The van der Waals surface area contributed by atoms with Gasteiger partial charge in [0, 0.05) is 16.3 Å². The highest BCUT2D eigenvalue weighted by Gasteiger charge is 2.32. The van der Waals surface area contributed by atoms with Gasteiger partial charge in [0.2, 0.25) is 0 Å². The summed E-state index contributed by atoms with van der Waals surface area (Å²) in [5.41, 5.74) is 4.43. The first-order chi connectivity index (χ1) is 6.79. The molecule has 1 aromatic rings. The van der Waals surface area contributed by atoms with E-state index in [1.807, 2.05) is 0 Å². The van der Waals surface area contributed by atoms with E-state index < -0.39 is 0 Å². The smallest absolute Gasteiger partial charge is 0.0338 e. The molecule has 70 valence electrons. The Balaban J connectivity index is 2.28. The molecule has 0 spiro atoms. The van der Waals surface area contributed by atoms with Gasteiger partial charge in [0.05, 0.1) is 0 Å². The quantitative estimate of drug-likeness (QED) is 0.605. The number of hydrogen-bond acceptors (Lipinski definition) is 0. The van der Waals surface area contributed by atoms with Crippen molar-refractivity contribution in [1.82, 2.24) is 0 Å². The van der Waals surface area contributed by atoms with Crippen LogP contribution in [0.15, 0.2) is 46.5 Å². The molecule has 0 aromatic heterocycles. The zero-order chi connectivity index (χ0) is 9.71. The maximum Gasteiger partial charge on any atom is 0.0338 e. The molecule has 2 atom stereocenters. The number of allylic oxidation sites excluding steroid dienone is 4. The van der Waals surface area contributed by atoms with Crippen LogP contribution in [-0.2, 0) is 0 Å². The van der Waals surface area contributed by atoms with E-state index >= 15 is 0 Å². The van der Waals surface area contributed by atoms with Crippen LogP contribution >= 0.6 is 15.9 Å². The lowest BCUT2D eigenvalue weighted by Crippen LogP contribution is -2.17. The summed E-state index contributed by atoms with van der Waals surface area (Å²) in [6.45, 7) is 2.22. The molecule has 3 aliphatic rings. The molecule has 2 bridgehead atoms. The number of rotatable bonds is 0. The van der Waals surface area contributed by atoms with Gasteiger partial charge in [0.15, 0.2) is 0 Å². The van der Waals surface area contributed by atoms with Gasteiger partial charge in [-0.15, -0.1) is 0 Å². The Bertz CT molecular complexity index is 413. The number of hydrogen-bond donors (Lipinski definition) is 0. The lowest BCUT2D eigenvalue weighted by molar-refractivity contribution is 0.818. The van der Waals surface area contributed by atoms with Crippen LogP contribution in [-0.4, -0.2) is 0 Å². The molecule has 0 aliphatic heterocycles. The maximum absolute atomic E-state index is 3.71. The van der Waals surface area contributed by atoms with Gasteiger partial charge in [-0.05, 0) is 18.1 Å². The minimum absolute atomic E-state index is 0.469. The molecule has 0 saturated carbocycles. The molecular formula is C13H11Br. The first kappa shape index (κ1) is 8.49. The molecule has 2 unspecified atom stereocenters. The molecule has 0 radical (unpaired) electrons. The molecule has 1 heteroatoms. The predicted molar refractivity (Wildman–Crippen MR) is 62.7 cm³/mol. The molecule has 1 aromatic carbocycles. The van der Waals surface area contributed by atoms with Crippen molar-refractivity contribution in [1.29, 1.82) is 0 Å². The van der Waals surface area contributed by atoms with Gasteiger partial charge in [-0.1, -0.05) is 57.9 Å². The molecule has 0 N–H and O–H groups in total. The van der Waals surface area contributed by atoms with Crippen molar-refractivity contribution in [2.45, 2.75) is 18.8 Å². The SMILES string of the molecule is CC1=C(Br)C2C=CC1c1ccccc12. The van der Waals surface area contributed by atoms with E-state index in [2.05, 4.69) is 59.3 Å². The van der Waals surface area contributed by atoms with Gasteiger partial charge in [-0.2, -0.15) is 0 Å². The second kappa shape index (κ2) is 2.83. The Morgan fingerprint density at radius 3 is 2.29 bits per heavy atom. The highest BCUT2D eigenvalue weighted by atomic mass is 79.9. The standard InChI is InChI=1S/C13H11Br/c1-8-9-6-7-12(13(8)14)11-5-3-2-4-10(9)11/h2-7,9,12H,1H3. The van der Waals surface area contributed by atoms with Crippen molar-refractivity contribution in [3.05, 3.63) is 57.6 Å². The van der Waals surface area contributed by atoms with Crippen molar-refractivity contribution >= 4 is 15.9 Å². The Labute approximate surface area is 92.5 Å². The second-order valence-electron chi connectivity index (χ2n) is 4.00. The van der Waals surface area contributed by atoms with Gasteiger partial charge in [0.1, 0.15) is 0 Å². The second-order valence-corrected chi connectivity index (χ2v) is 4.85. The molecule has 4 rings (SSSR count). The zero-order valence-corrected chi connectivity index (χ0v) is 9.58. The average Bonchev–Trinajstić information content (AvgIpc) is 2.24. The van der Waals surface area contributed by atoms with Crippen LogP contribution in [0.5, 0.6) is 0 Å². The highest BCUT2D eigenvalue weighted by Crippen LogP contribution is 2.50. The van der Waals surface area contributed by atoms with E-state index in [-0.39, 0.29) is 0 Å². The largest absolute Gasteiger partial charge is 0.0760 e. The molecule has 0 nitrogen and oxygen atoms in total. The lowest BCUT2D eigenvalue weighted by Gasteiger charge is -2.34. The summed E-state index contributed by atoms with van der Waals surface area (Å²) in [5.74, 6) is 0.974. The van der Waals surface area contributed by atoms with Crippen LogP contribution in [0.3, 0.4) is 0 Å². The topological polar surface area (TPSA) is 0 Å². The third kappa shape index (κ3) is 0.936. The summed E-state index contributed by atoms with van der Waals surface area (Å²) < 4.78 is 1.36. The Morgan fingerprint density at radius 1 is 1.00 bits per heavy atom. The highest BCUT2D eigenvalue weighted by molar-refractivity contribution is 9.11. The van der Waals surface area contributed by atoms with E-state index in [4.69, 9.17) is 0 Å². The van der Waals surface area contributed by atoms with Gasteiger partial charge >= 0.3 is 0 Å². The van der Waals surface area contributed by atoms with E-state index in [1.54, 1.807) is 0 Å². The maximum atomic E-state index is 3.71. The van der Waals surface area contributed by atoms with Crippen molar-refractivity contribution in [2.24, 2.45) is 0 Å². The molecule has 0 amide bonds. The van der Waals surface area contributed by atoms with Crippen LogP contribution in [0.25, 0.3) is 0 Å². The van der Waals surface area contributed by atoms with Crippen molar-refractivity contribution in [3.8, 4) is 0 Å². The summed E-state index contributed by atoms with van der Waals surface area (Å²) in [5, 5.41) is 0. The minimum Gasteiger partial charge on any atom is -0.0760 e. The molecule has 0 fully saturated rings. The fourth-order valence-electron chi connectivity index (χ4n) is 2.50. The Morgan fingerprint density at radius 2 is 1.57 bits per heavy atom. The number of benzene rings is 1. The van der Waals surface area contributed by atoms with Gasteiger partial charge in [0.25, 0.3) is 0 Å². The van der Waals surface area contributed by atoms with E-state index in [9.17, 15) is 0 Å². The first-order valence-electron chi connectivity index (χ1n) is 4.92. The minimum atomic E-state index is 0.469.